The normalized spacial score (nSPS) is 12.2. The molecule has 0 amide bonds. The first-order valence-corrected chi connectivity index (χ1v) is 8.33. The molecule has 0 spiro atoms. The summed E-state index contributed by atoms with van der Waals surface area (Å²) in [7, 11) is -1.32. The molecule has 4 heteroatoms. The van der Waals surface area contributed by atoms with Crippen molar-refractivity contribution in [3.63, 3.8) is 0 Å². The molecule has 0 aliphatic heterocycles. The van der Waals surface area contributed by atoms with Crippen LogP contribution in [0.3, 0.4) is 0 Å². The Morgan fingerprint density at radius 2 is 1.85 bits per heavy atom. The minimum atomic E-state index is -1.32. The zero-order valence-corrected chi connectivity index (χ0v) is 13.8. The Hall–Kier alpha value is -1.26. The highest BCUT2D eigenvalue weighted by Crippen LogP contribution is 2.16. The van der Waals surface area contributed by atoms with Gasteiger partial charge >= 0.3 is 0 Å². The summed E-state index contributed by atoms with van der Waals surface area (Å²) < 4.78 is 13.1. The smallest absolute Gasteiger partial charge is 0.175 e. The topological polar surface area (TPSA) is 34.1 Å². The first-order chi connectivity index (χ1) is 9.47. The maximum atomic E-state index is 12.2. The highest BCUT2D eigenvalue weighted by molar-refractivity contribution is 9.10. The van der Waals surface area contributed by atoms with E-state index in [0.717, 1.165) is 15.6 Å². The quantitative estimate of drug-likeness (QED) is 0.779. The Labute approximate surface area is 129 Å². The van der Waals surface area contributed by atoms with Crippen LogP contribution >= 0.6 is 15.9 Å². The van der Waals surface area contributed by atoms with Crippen LogP contribution in [0.25, 0.3) is 0 Å². The van der Waals surface area contributed by atoms with Crippen LogP contribution in [-0.4, -0.2) is 15.7 Å². The molecule has 0 N–H and O–H groups in total. The molecule has 0 fully saturated rings. The lowest BCUT2D eigenvalue weighted by Gasteiger charge is -2.05. The molecule has 0 aliphatic carbocycles. The van der Waals surface area contributed by atoms with Crippen molar-refractivity contribution in [2.24, 2.45) is 0 Å². The number of hydrogen-bond donors (Lipinski definition) is 0. The summed E-state index contributed by atoms with van der Waals surface area (Å²) in [5.74, 6) is -0.0784. The first kappa shape index (κ1) is 15.1. The van der Waals surface area contributed by atoms with E-state index in [1.54, 1.807) is 18.2 Å². The summed E-state index contributed by atoms with van der Waals surface area (Å²) in [6.45, 7) is 3.97. The number of halogens is 1. The molecule has 0 radical (unpaired) electrons. The largest absolute Gasteiger partial charge is 0.293 e. The molecule has 0 saturated carbocycles. The number of ketones is 1. The van der Waals surface area contributed by atoms with E-state index in [2.05, 4.69) is 15.9 Å². The standard InChI is InChI=1S/C16H15BrO2S/c1-11-6-7-13(8-12(11)2)16(18)10-20(19)15-5-3-4-14(17)9-15/h3-9H,10H2,1-2H3. The van der Waals surface area contributed by atoms with E-state index < -0.39 is 10.8 Å². The van der Waals surface area contributed by atoms with E-state index in [4.69, 9.17) is 0 Å². The SMILES string of the molecule is Cc1ccc(C(=O)CS(=O)c2cccc(Br)c2)cc1C. The Bertz CT molecular complexity index is 680. The highest BCUT2D eigenvalue weighted by atomic mass is 79.9. The van der Waals surface area contributed by atoms with E-state index in [1.807, 2.05) is 38.1 Å². The number of hydrogen-bond acceptors (Lipinski definition) is 2. The van der Waals surface area contributed by atoms with E-state index in [9.17, 15) is 9.00 Å². The molecule has 2 nitrogen and oxygen atoms in total. The summed E-state index contributed by atoms with van der Waals surface area (Å²) in [6, 6.07) is 12.8. The summed E-state index contributed by atoms with van der Waals surface area (Å²) in [5, 5.41) is 0. The third-order valence-electron chi connectivity index (χ3n) is 3.15. The van der Waals surface area contributed by atoms with Gasteiger partial charge < -0.3 is 0 Å². The minimum Gasteiger partial charge on any atom is -0.293 e. The lowest BCUT2D eigenvalue weighted by atomic mass is 10.0. The van der Waals surface area contributed by atoms with E-state index >= 15 is 0 Å². The summed E-state index contributed by atoms with van der Waals surface area (Å²) in [4.78, 5) is 12.8. The molecule has 2 aromatic rings. The van der Waals surface area contributed by atoms with Gasteiger partial charge in [0.1, 0.15) is 0 Å². The molecular weight excluding hydrogens is 336 g/mol. The number of carbonyl (C=O) groups excluding carboxylic acids is 1. The van der Waals surface area contributed by atoms with Gasteiger partial charge in [0.2, 0.25) is 0 Å². The molecule has 0 heterocycles. The second kappa shape index (κ2) is 6.46. The molecule has 104 valence electrons. The summed E-state index contributed by atoms with van der Waals surface area (Å²) in [5.41, 5.74) is 2.84. The molecule has 2 rings (SSSR count). The van der Waals surface area contributed by atoms with E-state index in [0.29, 0.717) is 10.5 Å². The molecule has 0 aromatic heterocycles. The number of aryl methyl sites for hydroxylation is 2. The predicted molar refractivity (Wildman–Crippen MR) is 85.7 cm³/mol. The van der Waals surface area contributed by atoms with Crippen LogP contribution in [0, 0.1) is 13.8 Å². The minimum absolute atomic E-state index is 0.0129. The molecule has 1 atom stereocenters. The van der Waals surface area contributed by atoms with Gasteiger partial charge in [-0.15, -0.1) is 0 Å². The zero-order valence-electron chi connectivity index (χ0n) is 11.4. The molecule has 0 saturated heterocycles. The van der Waals surface area contributed by atoms with Crippen molar-refractivity contribution >= 4 is 32.5 Å². The number of Topliss-reactive ketones (excluding diaryl/α,β-unsaturated/α-hetero) is 1. The van der Waals surface area contributed by atoms with Crippen LogP contribution in [-0.2, 0) is 10.8 Å². The monoisotopic (exact) mass is 350 g/mol. The molecule has 1 unspecified atom stereocenters. The summed E-state index contributed by atoms with van der Waals surface area (Å²) >= 11 is 3.34. The van der Waals surface area contributed by atoms with Gasteiger partial charge in [0, 0.05) is 14.9 Å². The molecule has 0 bridgehead atoms. The second-order valence-electron chi connectivity index (χ2n) is 4.67. The fourth-order valence-electron chi connectivity index (χ4n) is 1.81. The third-order valence-corrected chi connectivity index (χ3v) is 4.95. The Balaban J connectivity index is 2.15. The second-order valence-corrected chi connectivity index (χ2v) is 7.04. The van der Waals surface area contributed by atoms with Gasteiger partial charge in [0.25, 0.3) is 0 Å². The van der Waals surface area contributed by atoms with Gasteiger partial charge in [-0.1, -0.05) is 34.1 Å². The van der Waals surface area contributed by atoms with Crippen molar-refractivity contribution in [3.05, 3.63) is 63.6 Å². The van der Waals surface area contributed by atoms with Gasteiger partial charge in [0.15, 0.2) is 5.78 Å². The highest BCUT2D eigenvalue weighted by Gasteiger charge is 2.13. The molecular formula is C16H15BrO2S. The van der Waals surface area contributed by atoms with Crippen LogP contribution in [0.15, 0.2) is 51.8 Å². The predicted octanol–water partition coefficient (Wildman–Crippen LogP) is 4.06. The Morgan fingerprint density at radius 1 is 1.10 bits per heavy atom. The van der Waals surface area contributed by atoms with E-state index in [1.165, 1.54) is 0 Å². The molecule has 0 aliphatic rings. The third kappa shape index (κ3) is 3.64. The average molecular weight is 351 g/mol. The number of carbonyl (C=O) groups is 1. The van der Waals surface area contributed by atoms with Crippen LogP contribution in [0.5, 0.6) is 0 Å². The number of benzene rings is 2. The molecule has 2 aromatic carbocycles. The Morgan fingerprint density at radius 3 is 2.50 bits per heavy atom. The lowest BCUT2D eigenvalue weighted by Crippen LogP contribution is -2.11. The van der Waals surface area contributed by atoms with Gasteiger partial charge in [-0.05, 0) is 49.2 Å². The van der Waals surface area contributed by atoms with Crippen LogP contribution in [0.2, 0.25) is 0 Å². The fourth-order valence-corrected chi connectivity index (χ4v) is 3.42. The van der Waals surface area contributed by atoms with Crippen molar-refractivity contribution in [2.75, 3.05) is 5.75 Å². The van der Waals surface area contributed by atoms with Crippen LogP contribution < -0.4 is 0 Å². The Kier molecular flexibility index (Phi) is 4.89. The molecule has 20 heavy (non-hydrogen) atoms. The van der Waals surface area contributed by atoms with Gasteiger partial charge in [-0.2, -0.15) is 0 Å². The number of rotatable bonds is 4. The van der Waals surface area contributed by atoms with Crippen molar-refractivity contribution < 1.29 is 9.00 Å². The fraction of sp³-hybridized carbons (Fsp3) is 0.188. The van der Waals surface area contributed by atoms with E-state index in [-0.39, 0.29) is 11.5 Å². The van der Waals surface area contributed by atoms with Crippen LogP contribution in [0.4, 0.5) is 0 Å². The van der Waals surface area contributed by atoms with Gasteiger partial charge in [-0.25, -0.2) is 0 Å². The first-order valence-electron chi connectivity index (χ1n) is 6.22. The summed E-state index contributed by atoms with van der Waals surface area (Å²) in [6.07, 6.45) is 0. The van der Waals surface area contributed by atoms with Gasteiger partial charge in [-0.3, -0.25) is 9.00 Å². The maximum absolute atomic E-state index is 12.2. The van der Waals surface area contributed by atoms with Gasteiger partial charge in [0.05, 0.1) is 16.6 Å². The van der Waals surface area contributed by atoms with Crippen molar-refractivity contribution in [3.8, 4) is 0 Å². The van der Waals surface area contributed by atoms with Crippen molar-refractivity contribution in [2.45, 2.75) is 18.7 Å². The maximum Gasteiger partial charge on any atom is 0.175 e. The van der Waals surface area contributed by atoms with Crippen LogP contribution in [0.1, 0.15) is 21.5 Å². The average Bonchev–Trinajstić information content (AvgIpc) is 2.41. The lowest BCUT2D eigenvalue weighted by molar-refractivity contribution is 0.102. The van der Waals surface area contributed by atoms with Crippen molar-refractivity contribution in [1.82, 2.24) is 0 Å². The zero-order chi connectivity index (χ0) is 14.7. The van der Waals surface area contributed by atoms with Crippen molar-refractivity contribution in [1.29, 1.82) is 0 Å².